The zero-order chi connectivity index (χ0) is 15.1. The van der Waals surface area contributed by atoms with Crippen molar-refractivity contribution in [3.05, 3.63) is 29.6 Å². The second-order valence-corrected chi connectivity index (χ2v) is 5.12. The van der Waals surface area contributed by atoms with Crippen LogP contribution in [-0.4, -0.2) is 37.8 Å². The van der Waals surface area contributed by atoms with Crippen LogP contribution in [0.3, 0.4) is 0 Å². The third-order valence-corrected chi connectivity index (χ3v) is 3.34. The minimum Gasteiger partial charge on any atom is -0.484 e. The third-order valence-electron chi connectivity index (χ3n) is 2.67. The number of nitrogen functional groups attached to an aromatic ring is 1. The van der Waals surface area contributed by atoms with Crippen molar-refractivity contribution in [1.29, 1.82) is 0 Å². The molecule has 3 N–H and O–H groups in total. The third kappa shape index (κ3) is 4.73. The first-order valence-corrected chi connectivity index (χ1v) is 7.27. The Kier molecular flexibility index (Phi) is 5.53. The standard InChI is InChI=1S/C14H17N3O3S/c1-19-7-6-16-13(18)8-20-11-4-2-10(3-5-11)12-9-21-14(15)17-12/h2-5,9H,6-8H2,1H3,(H2,15,17)(H,16,18). The van der Waals surface area contributed by atoms with Gasteiger partial charge in [-0.25, -0.2) is 4.98 Å². The fraction of sp³-hybridized carbons (Fsp3) is 0.286. The van der Waals surface area contributed by atoms with Gasteiger partial charge in [0.15, 0.2) is 11.7 Å². The average Bonchev–Trinajstić information content (AvgIpc) is 2.92. The van der Waals surface area contributed by atoms with Gasteiger partial charge < -0.3 is 20.5 Å². The Balaban J connectivity index is 1.84. The molecule has 0 aliphatic rings. The highest BCUT2D eigenvalue weighted by Crippen LogP contribution is 2.24. The smallest absolute Gasteiger partial charge is 0.258 e. The summed E-state index contributed by atoms with van der Waals surface area (Å²) in [4.78, 5) is 15.7. The van der Waals surface area contributed by atoms with Gasteiger partial charge >= 0.3 is 0 Å². The maximum absolute atomic E-state index is 11.5. The number of benzene rings is 1. The number of amides is 1. The summed E-state index contributed by atoms with van der Waals surface area (Å²) < 4.78 is 10.2. The maximum Gasteiger partial charge on any atom is 0.258 e. The van der Waals surface area contributed by atoms with Crippen molar-refractivity contribution < 1.29 is 14.3 Å². The summed E-state index contributed by atoms with van der Waals surface area (Å²) in [6.07, 6.45) is 0. The molecule has 7 heteroatoms. The predicted octanol–water partition coefficient (Wildman–Crippen LogP) is 1.53. The van der Waals surface area contributed by atoms with Crippen molar-refractivity contribution in [3.8, 4) is 17.0 Å². The summed E-state index contributed by atoms with van der Waals surface area (Å²) in [6, 6.07) is 7.36. The van der Waals surface area contributed by atoms with Crippen molar-refractivity contribution >= 4 is 22.4 Å². The molecular weight excluding hydrogens is 290 g/mol. The number of anilines is 1. The topological polar surface area (TPSA) is 86.5 Å². The van der Waals surface area contributed by atoms with Crippen LogP contribution in [-0.2, 0) is 9.53 Å². The number of hydrogen-bond acceptors (Lipinski definition) is 6. The molecule has 21 heavy (non-hydrogen) atoms. The Bertz CT molecular complexity index is 583. The Morgan fingerprint density at radius 2 is 2.14 bits per heavy atom. The van der Waals surface area contributed by atoms with Gasteiger partial charge in [0, 0.05) is 24.6 Å². The molecule has 2 aromatic rings. The number of carbonyl (C=O) groups is 1. The normalized spacial score (nSPS) is 10.3. The van der Waals surface area contributed by atoms with E-state index in [1.165, 1.54) is 11.3 Å². The summed E-state index contributed by atoms with van der Waals surface area (Å²) in [5.41, 5.74) is 7.40. The Morgan fingerprint density at radius 1 is 1.38 bits per heavy atom. The fourth-order valence-corrected chi connectivity index (χ4v) is 2.21. The Morgan fingerprint density at radius 3 is 2.76 bits per heavy atom. The van der Waals surface area contributed by atoms with Crippen LogP contribution in [0.2, 0.25) is 0 Å². The van der Waals surface area contributed by atoms with Gasteiger partial charge in [-0.1, -0.05) is 0 Å². The van der Waals surface area contributed by atoms with Gasteiger partial charge in [0.25, 0.3) is 5.91 Å². The summed E-state index contributed by atoms with van der Waals surface area (Å²) in [5.74, 6) is 0.451. The number of hydrogen-bond donors (Lipinski definition) is 2. The Labute approximate surface area is 126 Å². The summed E-state index contributed by atoms with van der Waals surface area (Å²) in [7, 11) is 1.58. The number of aromatic nitrogens is 1. The van der Waals surface area contributed by atoms with Crippen LogP contribution in [0.5, 0.6) is 5.75 Å². The van der Waals surface area contributed by atoms with Gasteiger partial charge in [-0.05, 0) is 24.3 Å². The van der Waals surface area contributed by atoms with E-state index in [4.69, 9.17) is 15.2 Å². The van der Waals surface area contributed by atoms with Crippen molar-refractivity contribution in [3.63, 3.8) is 0 Å². The van der Waals surface area contributed by atoms with Crippen LogP contribution < -0.4 is 15.8 Å². The van der Waals surface area contributed by atoms with E-state index in [9.17, 15) is 4.79 Å². The van der Waals surface area contributed by atoms with Gasteiger partial charge in [-0.15, -0.1) is 11.3 Å². The molecule has 1 heterocycles. The van der Waals surface area contributed by atoms with Gasteiger partial charge in [0.05, 0.1) is 12.3 Å². The molecule has 0 saturated heterocycles. The largest absolute Gasteiger partial charge is 0.484 e. The summed E-state index contributed by atoms with van der Waals surface area (Å²) in [6.45, 7) is 0.937. The number of thiazole rings is 1. The van der Waals surface area contributed by atoms with Crippen molar-refractivity contribution in [2.75, 3.05) is 32.6 Å². The molecule has 1 aromatic heterocycles. The molecule has 0 fully saturated rings. The minimum absolute atomic E-state index is 0.0211. The van der Waals surface area contributed by atoms with E-state index in [-0.39, 0.29) is 12.5 Å². The van der Waals surface area contributed by atoms with E-state index in [0.29, 0.717) is 24.0 Å². The molecular formula is C14H17N3O3S. The number of nitrogens with two attached hydrogens (primary N) is 1. The van der Waals surface area contributed by atoms with E-state index in [0.717, 1.165) is 11.3 Å². The molecule has 112 valence electrons. The molecule has 0 atom stereocenters. The monoisotopic (exact) mass is 307 g/mol. The molecule has 1 amide bonds. The highest BCUT2D eigenvalue weighted by Gasteiger charge is 2.04. The molecule has 0 aliphatic heterocycles. The zero-order valence-electron chi connectivity index (χ0n) is 11.7. The summed E-state index contributed by atoms with van der Waals surface area (Å²) >= 11 is 1.40. The Hall–Kier alpha value is -2.12. The molecule has 2 rings (SSSR count). The average molecular weight is 307 g/mol. The van der Waals surface area contributed by atoms with Crippen LogP contribution in [0, 0.1) is 0 Å². The van der Waals surface area contributed by atoms with E-state index in [1.54, 1.807) is 19.2 Å². The van der Waals surface area contributed by atoms with Crippen LogP contribution in [0.1, 0.15) is 0 Å². The van der Waals surface area contributed by atoms with E-state index < -0.39 is 0 Å². The number of ether oxygens (including phenoxy) is 2. The van der Waals surface area contributed by atoms with Crippen molar-refractivity contribution in [2.45, 2.75) is 0 Å². The lowest BCUT2D eigenvalue weighted by molar-refractivity contribution is -0.123. The predicted molar refractivity (Wildman–Crippen MR) is 82.3 cm³/mol. The van der Waals surface area contributed by atoms with E-state index in [2.05, 4.69) is 10.3 Å². The lowest BCUT2D eigenvalue weighted by Crippen LogP contribution is -2.31. The van der Waals surface area contributed by atoms with Gasteiger partial charge in [0.2, 0.25) is 0 Å². The second-order valence-electron chi connectivity index (χ2n) is 4.23. The van der Waals surface area contributed by atoms with Gasteiger partial charge in [-0.3, -0.25) is 4.79 Å². The highest BCUT2D eigenvalue weighted by atomic mass is 32.1. The second kappa shape index (κ2) is 7.61. The number of carbonyl (C=O) groups excluding carboxylic acids is 1. The molecule has 0 saturated carbocycles. The summed E-state index contributed by atoms with van der Waals surface area (Å²) in [5, 5.41) is 5.12. The van der Waals surface area contributed by atoms with Crippen molar-refractivity contribution in [1.82, 2.24) is 10.3 Å². The first kappa shape index (κ1) is 15.3. The zero-order valence-corrected chi connectivity index (χ0v) is 12.5. The number of nitrogens with zero attached hydrogens (tertiary/aromatic N) is 1. The van der Waals surface area contributed by atoms with Gasteiger partial charge in [-0.2, -0.15) is 0 Å². The van der Waals surface area contributed by atoms with E-state index >= 15 is 0 Å². The first-order valence-electron chi connectivity index (χ1n) is 6.39. The maximum atomic E-state index is 11.5. The highest BCUT2D eigenvalue weighted by molar-refractivity contribution is 7.13. The van der Waals surface area contributed by atoms with Crippen LogP contribution in [0.15, 0.2) is 29.6 Å². The molecule has 0 radical (unpaired) electrons. The number of nitrogens with one attached hydrogen (secondary N) is 1. The van der Waals surface area contributed by atoms with Crippen LogP contribution >= 0.6 is 11.3 Å². The lowest BCUT2D eigenvalue weighted by atomic mass is 10.2. The molecule has 0 bridgehead atoms. The number of methoxy groups -OCH3 is 1. The number of rotatable bonds is 7. The first-order chi connectivity index (χ1) is 10.2. The SMILES string of the molecule is COCCNC(=O)COc1ccc(-c2csc(N)n2)cc1. The molecule has 1 aromatic carbocycles. The van der Waals surface area contributed by atoms with E-state index in [1.807, 2.05) is 17.5 Å². The molecule has 6 nitrogen and oxygen atoms in total. The fourth-order valence-electron chi connectivity index (χ4n) is 1.63. The van der Waals surface area contributed by atoms with Crippen molar-refractivity contribution in [2.24, 2.45) is 0 Å². The van der Waals surface area contributed by atoms with Crippen LogP contribution in [0.4, 0.5) is 5.13 Å². The van der Waals surface area contributed by atoms with Crippen LogP contribution in [0.25, 0.3) is 11.3 Å². The molecule has 0 unspecified atom stereocenters. The quantitative estimate of drug-likeness (QED) is 0.758. The molecule has 0 aliphatic carbocycles. The molecule has 0 spiro atoms. The minimum atomic E-state index is -0.177. The van der Waals surface area contributed by atoms with Gasteiger partial charge in [0.1, 0.15) is 5.75 Å². The lowest BCUT2D eigenvalue weighted by Gasteiger charge is -2.07.